The lowest BCUT2D eigenvalue weighted by atomic mass is 9.76. The molecule has 0 radical (unpaired) electrons. The van der Waals surface area contributed by atoms with Gasteiger partial charge in [0.25, 0.3) is 0 Å². The van der Waals surface area contributed by atoms with Gasteiger partial charge in [-0.05, 0) is 30.9 Å². The van der Waals surface area contributed by atoms with E-state index in [1.807, 2.05) is 0 Å². The van der Waals surface area contributed by atoms with Crippen LogP contribution in [0.4, 0.5) is 4.39 Å². The Hall–Kier alpha value is -1.13. The van der Waals surface area contributed by atoms with E-state index in [0.717, 1.165) is 12.8 Å². The summed E-state index contributed by atoms with van der Waals surface area (Å²) in [5, 5.41) is 9.61. The third-order valence-electron chi connectivity index (χ3n) is 3.72. The molecule has 100 valence electrons. The van der Waals surface area contributed by atoms with E-state index in [4.69, 9.17) is 9.47 Å². The predicted molar refractivity (Wildman–Crippen MR) is 66.2 cm³/mol. The third kappa shape index (κ3) is 2.65. The van der Waals surface area contributed by atoms with Gasteiger partial charge in [-0.2, -0.15) is 0 Å². The van der Waals surface area contributed by atoms with Crippen molar-refractivity contribution in [1.82, 2.24) is 0 Å². The van der Waals surface area contributed by atoms with E-state index in [2.05, 4.69) is 0 Å². The van der Waals surface area contributed by atoms with Crippen molar-refractivity contribution >= 4 is 0 Å². The summed E-state index contributed by atoms with van der Waals surface area (Å²) in [7, 11) is 1.46. The molecule has 0 aromatic heterocycles. The molecule has 1 saturated heterocycles. The van der Waals surface area contributed by atoms with Gasteiger partial charge in [0.05, 0.1) is 7.11 Å². The minimum absolute atomic E-state index is 0.0625. The van der Waals surface area contributed by atoms with Gasteiger partial charge < -0.3 is 14.6 Å². The molecule has 0 bridgehead atoms. The quantitative estimate of drug-likeness (QED) is 0.895. The van der Waals surface area contributed by atoms with Gasteiger partial charge in [-0.15, -0.1) is 0 Å². The summed E-state index contributed by atoms with van der Waals surface area (Å²) in [5.41, 5.74) is 0.344. The molecular weight excluding hydrogens is 235 g/mol. The van der Waals surface area contributed by atoms with Crippen molar-refractivity contribution in [2.75, 3.05) is 26.9 Å². The summed E-state index contributed by atoms with van der Waals surface area (Å²) >= 11 is 0. The summed E-state index contributed by atoms with van der Waals surface area (Å²) < 4.78 is 24.4. The molecule has 1 aliphatic heterocycles. The largest absolute Gasteiger partial charge is 0.494 e. The SMILES string of the molecule is COc1cccc(CC2(CO)CCOCC2)c1F. The first kappa shape index (κ1) is 13.3. The maximum atomic E-state index is 14.1. The predicted octanol–water partition coefficient (Wildman–Crippen LogP) is 2.17. The number of aliphatic hydroxyl groups excluding tert-OH is 1. The first-order valence-corrected chi connectivity index (χ1v) is 6.21. The molecule has 0 unspecified atom stereocenters. The Bertz CT molecular complexity index is 400. The van der Waals surface area contributed by atoms with Crippen LogP contribution in [0.3, 0.4) is 0 Å². The summed E-state index contributed by atoms with van der Waals surface area (Å²) in [4.78, 5) is 0. The zero-order chi connectivity index (χ0) is 13.0. The molecule has 1 aromatic rings. The maximum absolute atomic E-state index is 14.1. The molecule has 1 N–H and O–H groups in total. The highest BCUT2D eigenvalue weighted by atomic mass is 19.1. The van der Waals surface area contributed by atoms with Gasteiger partial charge in [0.2, 0.25) is 0 Å². The van der Waals surface area contributed by atoms with Gasteiger partial charge in [-0.3, -0.25) is 0 Å². The van der Waals surface area contributed by atoms with Crippen molar-refractivity contribution in [2.45, 2.75) is 19.3 Å². The van der Waals surface area contributed by atoms with Gasteiger partial charge >= 0.3 is 0 Å². The molecule has 18 heavy (non-hydrogen) atoms. The zero-order valence-electron chi connectivity index (χ0n) is 10.6. The van der Waals surface area contributed by atoms with Gasteiger partial charge in [-0.25, -0.2) is 4.39 Å². The number of ether oxygens (including phenoxy) is 2. The van der Waals surface area contributed by atoms with Crippen LogP contribution in [0.2, 0.25) is 0 Å². The fourth-order valence-electron chi connectivity index (χ4n) is 2.45. The summed E-state index contributed by atoms with van der Waals surface area (Å²) in [5.74, 6) is -0.0630. The smallest absolute Gasteiger partial charge is 0.168 e. The number of methoxy groups -OCH3 is 1. The van der Waals surface area contributed by atoms with Crippen LogP contribution >= 0.6 is 0 Å². The Morgan fingerprint density at radius 2 is 2.11 bits per heavy atom. The van der Waals surface area contributed by atoms with Crippen molar-refractivity contribution < 1.29 is 19.0 Å². The maximum Gasteiger partial charge on any atom is 0.168 e. The van der Waals surface area contributed by atoms with Crippen LogP contribution in [-0.2, 0) is 11.2 Å². The monoisotopic (exact) mass is 254 g/mol. The van der Waals surface area contributed by atoms with Crippen LogP contribution < -0.4 is 4.74 Å². The number of benzene rings is 1. The average molecular weight is 254 g/mol. The summed E-state index contributed by atoms with van der Waals surface area (Å²) in [6.07, 6.45) is 2.05. The second-order valence-electron chi connectivity index (χ2n) is 4.88. The van der Waals surface area contributed by atoms with Crippen molar-refractivity contribution in [1.29, 1.82) is 0 Å². The highest BCUT2D eigenvalue weighted by Crippen LogP contribution is 2.35. The van der Waals surface area contributed by atoms with Crippen LogP contribution in [0.1, 0.15) is 18.4 Å². The molecule has 1 heterocycles. The molecular formula is C14H19FO3. The number of aliphatic hydroxyl groups is 1. The number of hydrogen-bond acceptors (Lipinski definition) is 3. The highest BCUT2D eigenvalue weighted by Gasteiger charge is 2.33. The van der Waals surface area contributed by atoms with E-state index in [1.165, 1.54) is 7.11 Å². The second-order valence-corrected chi connectivity index (χ2v) is 4.88. The van der Waals surface area contributed by atoms with Crippen LogP contribution in [0.25, 0.3) is 0 Å². The lowest BCUT2D eigenvalue weighted by Crippen LogP contribution is -2.35. The van der Waals surface area contributed by atoms with Crippen LogP contribution in [-0.4, -0.2) is 32.0 Å². The molecule has 0 aliphatic carbocycles. The van der Waals surface area contributed by atoms with Crippen LogP contribution in [0.15, 0.2) is 18.2 Å². The minimum Gasteiger partial charge on any atom is -0.494 e. The van der Waals surface area contributed by atoms with Gasteiger partial charge in [0.15, 0.2) is 11.6 Å². The lowest BCUT2D eigenvalue weighted by Gasteiger charge is -2.35. The van der Waals surface area contributed by atoms with E-state index in [0.29, 0.717) is 25.2 Å². The van der Waals surface area contributed by atoms with E-state index in [1.54, 1.807) is 18.2 Å². The van der Waals surface area contributed by atoms with Crippen molar-refractivity contribution in [3.63, 3.8) is 0 Å². The Kier molecular flexibility index (Phi) is 4.19. The van der Waals surface area contributed by atoms with E-state index in [9.17, 15) is 9.50 Å². The normalized spacial score (nSPS) is 18.6. The summed E-state index contributed by atoms with van der Waals surface area (Å²) in [6.45, 7) is 1.32. The second kappa shape index (κ2) is 5.67. The molecule has 1 aliphatic rings. The first-order valence-electron chi connectivity index (χ1n) is 6.21. The van der Waals surface area contributed by atoms with Crippen molar-refractivity contribution in [3.05, 3.63) is 29.6 Å². The molecule has 0 spiro atoms. The molecule has 0 atom stereocenters. The Balaban J connectivity index is 2.21. The molecule has 1 fully saturated rings. The van der Waals surface area contributed by atoms with Crippen molar-refractivity contribution in [2.24, 2.45) is 5.41 Å². The number of hydrogen-bond donors (Lipinski definition) is 1. The third-order valence-corrected chi connectivity index (χ3v) is 3.72. The molecule has 1 aromatic carbocycles. The molecule has 0 saturated carbocycles. The zero-order valence-corrected chi connectivity index (χ0v) is 10.6. The average Bonchev–Trinajstić information content (AvgIpc) is 2.42. The Morgan fingerprint density at radius 3 is 2.72 bits per heavy atom. The standard InChI is InChI=1S/C14H19FO3/c1-17-12-4-2-3-11(13(12)15)9-14(10-16)5-7-18-8-6-14/h2-4,16H,5-10H2,1H3. The van der Waals surface area contributed by atoms with Gasteiger partial charge in [0.1, 0.15) is 0 Å². The molecule has 4 heteroatoms. The van der Waals surface area contributed by atoms with Gasteiger partial charge in [-0.1, -0.05) is 12.1 Å². The Morgan fingerprint density at radius 1 is 1.39 bits per heavy atom. The number of rotatable bonds is 4. The van der Waals surface area contributed by atoms with E-state index < -0.39 is 0 Å². The molecule has 3 nitrogen and oxygen atoms in total. The molecule has 0 amide bonds. The van der Waals surface area contributed by atoms with Crippen LogP contribution in [0.5, 0.6) is 5.75 Å². The molecule has 2 rings (SSSR count). The van der Waals surface area contributed by atoms with E-state index in [-0.39, 0.29) is 23.6 Å². The van der Waals surface area contributed by atoms with Gasteiger partial charge in [0, 0.05) is 25.2 Å². The highest BCUT2D eigenvalue weighted by molar-refractivity contribution is 5.31. The minimum atomic E-state index is -0.320. The first-order chi connectivity index (χ1) is 8.71. The lowest BCUT2D eigenvalue weighted by molar-refractivity contribution is -0.0161. The Labute approximate surface area is 107 Å². The fourth-order valence-corrected chi connectivity index (χ4v) is 2.45. The topological polar surface area (TPSA) is 38.7 Å². The summed E-state index contributed by atoms with van der Waals surface area (Å²) in [6, 6.07) is 5.14. The van der Waals surface area contributed by atoms with Crippen LogP contribution in [0, 0.1) is 11.2 Å². The van der Waals surface area contributed by atoms with E-state index >= 15 is 0 Å². The number of halogens is 1. The van der Waals surface area contributed by atoms with Crippen molar-refractivity contribution in [3.8, 4) is 5.75 Å². The fraction of sp³-hybridized carbons (Fsp3) is 0.571.